The largest absolute Gasteiger partial charge is 0.308 e. The number of anilines is 1. The summed E-state index contributed by atoms with van der Waals surface area (Å²) in [6.07, 6.45) is 0.0722. The first kappa shape index (κ1) is 16.7. The van der Waals surface area contributed by atoms with Gasteiger partial charge in [0.25, 0.3) is 11.8 Å². The van der Waals surface area contributed by atoms with E-state index in [0.29, 0.717) is 17.1 Å². The van der Waals surface area contributed by atoms with Crippen LogP contribution in [0, 0.1) is 0 Å². The van der Waals surface area contributed by atoms with Crippen molar-refractivity contribution >= 4 is 23.3 Å². The molecule has 3 aromatic rings. The summed E-state index contributed by atoms with van der Waals surface area (Å²) < 4.78 is 0. The van der Waals surface area contributed by atoms with Crippen LogP contribution in [0.15, 0.2) is 90.0 Å². The van der Waals surface area contributed by atoms with E-state index in [2.05, 4.69) is 10.4 Å². The Bertz CT molecular complexity index is 997. The quantitative estimate of drug-likeness (QED) is 0.776. The Labute approximate surface area is 156 Å². The van der Waals surface area contributed by atoms with Crippen LogP contribution in [0.3, 0.4) is 0 Å². The third-order valence-corrected chi connectivity index (χ3v) is 4.29. The Morgan fingerprint density at radius 1 is 0.815 bits per heavy atom. The van der Waals surface area contributed by atoms with E-state index in [0.717, 1.165) is 11.1 Å². The average Bonchev–Trinajstić information content (AvgIpc) is 3.09. The van der Waals surface area contributed by atoms with Crippen LogP contribution >= 0.6 is 0 Å². The Morgan fingerprint density at radius 3 is 2.07 bits per heavy atom. The molecule has 0 bridgehead atoms. The van der Waals surface area contributed by atoms with Gasteiger partial charge < -0.3 is 5.32 Å². The lowest BCUT2D eigenvalue weighted by atomic mass is 10.0. The molecule has 0 spiro atoms. The number of benzene rings is 3. The average molecular weight is 355 g/mol. The minimum absolute atomic E-state index is 0.0722. The van der Waals surface area contributed by atoms with Crippen LogP contribution in [0.25, 0.3) is 11.1 Å². The topological polar surface area (TPSA) is 61.8 Å². The second-order valence-corrected chi connectivity index (χ2v) is 6.16. The number of amidine groups is 1. The van der Waals surface area contributed by atoms with Crippen molar-refractivity contribution in [2.75, 3.05) is 5.01 Å². The van der Waals surface area contributed by atoms with Gasteiger partial charge in [0.05, 0.1) is 12.1 Å². The number of amides is 2. The fraction of sp³-hybridized carbons (Fsp3) is 0.0455. The molecule has 0 atom stereocenters. The van der Waals surface area contributed by atoms with Crippen LogP contribution in [-0.4, -0.2) is 17.6 Å². The minimum Gasteiger partial charge on any atom is -0.308 e. The number of nitrogens with one attached hydrogen (secondary N) is 1. The Balaban J connectivity index is 1.47. The molecule has 0 saturated carbocycles. The van der Waals surface area contributed by atoms with E-state index >= 15 is 0 Å². The summed E-state index contributed by atoms with van der Waals surface area (Å²) in [6, 6.07) is 26.4. The van der Waals surface area contributed by atoms with E-state index in [-0.39, 0.29) is 18.2 Å². The van der Waals surface area contributed by atoms with Crippen molar-refractivity contribution in [2.24, 2.45) is 5.10 Å². The zero-order valence-electron chi connectivity index (χ0n) is 14.5. The minimum atomic E-state index is -0.281. The van der Waals surface area contributed by atoms with Crippen molar-refractivity contribution in [3.63, 3.8) is 0 Å². The summed E-state index contributed by atoms with van der Waals surface area (Å²) in [5.74, 6) is -0.104. The summed E-state index contributed by atoms with van der Waals surface area (Å²) in [6.45, 7) is 0. The maximum absolute atomic E-state index is 12.5. The predicted molar refractivity (Wildman–Crippen MR) is 105 cm³/mol. The van der Waals surface area contributed by atoms with Gasteiger partial charge in [-0.1, -0.05) is 60.7 Å². The molecule has 5 heteroatoms. The van der Waals surface area contributed by atoms with E-state index in [1.54, 1.807) is 24.3 Å². The van der Waals surface area contributed by atoms with Crippen LogP contribution in [0.4, 0.5) is 5.69 Å². The van der Waals surface area contributed by atoms with Gasteiger partial charge in [0.15, 0.2) is 0 Å². The molecular weight excluding hydrogens is 338 g/mol. The molecule has 1 heterocycles. The number of carbonyl (C=O) groups excluding carboxylic acids is 2. The highest BCUT2D eigenvalue weighted by molar-refractivity contribution is 6.17. The number of hydrogen-bond acceptors (Lipinski definition) is 3. The van der Waals surface area contributed by atoms with Crippen molar-refractivity contribution in [2.45, 2.75) is 6.42 Å². The zero-order chi connectivity index (χ0) is 18.6. The van der Waals surface area contributed by atoms with Crippen molar-refractivity contribution in [1.82, 2.24) is 5.32 Å². The van der Waals surface area contributed by atoms with Gasteiger partial charge in [-0.2, -0.15) is 10.1 Å². The fourth-order valence-electron chi connectivity index (χ4n) is 2.92. The first-order valence-corrected chi connectivity index (χ1v) is 8.63. The van der Waals surface area contributed by atoms with E-state index < -0.39 is 0 Å². The Morgan fingerprint density at radius 2 is 1.41 bits per heavy atom. The van der Waals surface area contributed by atoms with Crippen molar-refractivity contribution in [3.05, 3.63) is 90.5 Å². The molecule has 27 heavy (non-hydrogen) atoms. The number of carbonyl (C=O) groups is 2. The first-order chi connectivity index (χ1) is 13.2. The highest BCUT2D eigenvalue weighted by Crippen LogP contribution is 2.21. The molecule has 0 fully saturated rings. The molecule has 0 aromatic heterocycles. The van der Waals surface area contributed by atoms with Gasteiger partial charge in [0.1, 0.15) is 5.84 Å². The highest BCUT2D eigenvalue weighted by atomic mass is 16.2. The van der Waals surface area contributed by atoms with E-state index in [9.17, 15) is 9.59 Å². The summed E-state index contributed by atoms with van der Waals surface area (Å²) in [5, 5.41) is 8.29. The molecule has 0 unspecified atom stereocenters. The molecule has 1 aliphatic heterocycles. The van der Waals surface area contributed by atoms with Crippen molar-refractivity contribution in [3.8, 4) is 11.1 Å². The van der Waals surface area contributed by atoms with Crippen LogP contribution in [-0.2, 0) is 4.79 Å². The normalized spacial score (nSPS) is 13.4. The standard InChI is InChI=1S/C22H17N3O2/c26-21-15-20(24-25(21)19-9-5-2-6-10-19)23-22(27)18-13-11-17(12-14-18)16-7-3-1-4-8-16/h1-14H,15H2,(H,23,24,27). The van der Waals surface area contributed by atoms with Gasteiger partial charge >= 0.3 is 0 Å². The van der Waals surface area contributed by atoms with Crippen LogP contribution in [0.1, 0.15) is 16.8 Å². The summed E-state index contributed by atoms with van der Waals surface area (Å²) in [4.78, 5) is 24.6. The summed E-state index contributed by atoms with van der Waals surface area (Å²) in [5.41, 5.74) is 3.33. The SMILES string of the molecule is O=C(NC1=NN(c2ccccc2)C(=O)C1)c1ccc(-c2ccccc2)cc1. The monoisotopic (exact) mass is 355 g/mol. The highest BCUT2D eigenvalue weighted by Gasteiger charge is 2.26. The molecule has 0 aliphatic carbocycles. The lowest BCUT2D eigenvalue weighted by Crippen LogP contribution is -2.29. The van der Waals surface area contributed by atoms with Crippen LogP contribution < -0.4 is 10.3 Å². The van der Waals surface area contributed by atoms with Crippen LogP contribution in [0.5, 0.6) is 0 Å². The Hall–Kier alpha value is -3.73. The van der Waals surface area contributed by atoms with Crippen molar-refractivity contribution < 1.29 is 9.59 Å². The van der Waals surface area contributed by atoms with Crippen LogP contribution in [0.2, 0.25) is 0 Å². The summed E-state index contributed by atoms with van der Waals surface area (Å²) in [7, 11) is 0. The predicted octanol–water partition coefficient (Wildman–Crippen LogP) is 3.83. The van der Waals surface area contributed by atoms with Gasteiger partial charge in [-0.05, 0) is 35.4 Å². The first-order valence-electron chi connectivity index (χ1n) is 8.63. The lowest BCUT2D eigenvalue weighted by Gasteiger charge is -2.10. The molecule has 1 aliphatic rings. The van der Waals surface area contributed by atoms with E-state index in [1.165, 1.54) is 5.01 Å². The second kappa shape index (κ2) is 7.25. The number of hydrogen-bond donors (Lipinski definition) is 1. The molecule has 132 valence electrons. The molecule has 3 aromatic carbocycles. The molecule has 0 saturated heterocycles. The number of hydrazone groups is 1. The van der Waals surface area contributed by atoms with Gasteiger partial charge in [0, 0.05) is 5.56 Å². The lowest BCUT2D eigenvalue weighted by molar-refractivity contribution is -0.116. The van der Waals surface area contributed by atoms with Gasteiger partial charge in [0.2, 0.25) is 0 Å². The second-order valence-electron chi connectivity index (χ2n) is 6.16. The van der Waals surface area contributed by atoms with E-state index in [4.69, 9.17) is 0 Å². The van der Waals surface area contributed by atoms with E-state index in [1.807, 2.05) is 60.7 Å². The van der Waals surface area contributed by atoms with Gasteiger partial charge in [-0.15, -0.1) is 0 Å². The molecule has 5 nitrogen and oxygen atoms in total. The van der Waals surface area contributed by atoms with Gasteiger partial charge in [-0.3, -0.25) is 9.59 Å². The third-order valence-electron chi connectivity index (χ3n) is 4.29. The molecule has 1 N–H and O–H groups in total. The molecule has 0 radical (unpaired) electrons. The molecular formula is C22H17N3O2. The number of para-hydroxylation sites is 1. The van der Waals surface area contributed by atoms with Crippen molar-refractivity contribution in [1.29, 1.82) is 0 Å². The third kappa shape index (κ3) is 3.62. The molecule has 4 rings (SSSR count). The maximum atomic E-state index is 12.5. The molecule has 2 amide bonds. The zero-order valence-corrected chi connectivity index (χ0v) is 14.5. The fourth-order valence-corrected chi connectivity index (χ4v) is 2.92. The summed E-state index contributed by atoms with van der Waals surface area (Å²) >= 11 is 0. The maximum Gasteiger partial charge on any atom is 0.256 e. The Kier molecular flexibility index (Phi) is 4.49. The smallest absolute Gasteiger partial charge is 0.256 e. The number of nitrogens with zero attached hydrogens (tertiary/aromatic N) is 2. The van der Waals surface area contributed by atoms with Gasteiger partial charge in [-0.25, -0.2) is 0 Å². The number of rotatable bonds is 3.